The molecular weight excluding hydrogens is 282 g/mol. The molecule has 0 fully saturated rings. The van der Waals surface area contributed by atoms with Crippen LogP contribution in [0.5, 0.6) is 0 Å². The van der Waals surface area contributed by atoms with Gasteiger partial charge in [-0.1, -0.05) is 0 Å². The Kier molecular flexibility index (Phi) is 2.99. The molecule has 0 saturated heterocycles. The minimum Gasteiger partial charge on any atom is -0.207 e. The molecule has 13 heavy (non-hydrogen) atoms. The summed E-state index contributed by atoms with van der Waals surface area (Å²) in [6, 6.07) is 2.52. The van der Waals surface area contributed by atoms with E-state index in [1.165, 1.54) is 12.1 Å². The molecule has 2 nitrogen and oxygen atoms in total. The van der Waals surface area contributed by atoms with Crippen molar-refractivity contribution in [3.05, 3.63) is 28.0 Å². The third kappa shape index (κ3) is 2.42. The van der Waals surface area contributed by atoms with E-state index in [1.807, 2.05) is 0 Å². The molecule has 1 rings (SSSR count). The molecule has 0 aliphatic carbocycles. The Labute approximate surface area is 88.3 Å². The number of hydrogen-bond donors (Lipinski definition) is 0. The van der Waals surface area contributed by atoms with Gasteiger partial charge in [0.25, 0.3) is 9.05 Å². The van der Waals surface area contributed by atoms with Crippen molar-refractivity contribution in [3.63, 3.8) is 0 Å². The summed E-state index contributed by atoms with van der Waals surface area (Å²) in [5, 5.41) is 0. The molecule has 0 aliphatic heterocycles. The van der Waals surface area contributed by atoms with Gasteiger partial charge in [-0.3, -0.25) is 0 Å². The fourth-order valence-electron chi connectivity index (χ4n) is 0.870. The molecule has 0 radical (unpaired) electrons. The summed E-state index contributed by atoms with van der Waals surface area (Å²) in [6.07, 6.45) is 0. The van der Waals surface area contributed by atoms with Crippen LogP contribution < -0.4 is 0 Å². The molecule has 0 amide bonds. The zero-order valence-electron chi connectivity index (χ0n) is 6.51. The van der Waals surface area contributed by atoms with Gasteiger partial charge in [0.05, 0.1) is 9.37 Å². The maximum atomic E-state index is 13.0. The van der Waals surface area contributed by atoms with E-state index in [9.17, 15) is 12.8 Å². The molecule has 1 aromatic rings. The van der Waals surface area contributed by atoms with Gasteiger partial charge in [0.15, 0.2) is 0 Å². The van der Waals surface area contributed by atoms with E-state index in [1.54, 1.807) is 6.92 Å². The van der Waals surface area contributed by atoms with Crippen LogP contribution in [0, 0.1) is 12.7 Å². The van der Waals surface area contributed by atoms with E-state index in [-0.39, 0.29) is 9.37 Å². The Morgan fingerprint density at radius 2 is 2.00 bits per heavy atom. The van der Waals surface area contributed by atoms with E-state index >= 15 is 0 Å². The monoisotopic (exact) mass is 286 g/mol. The molecular formula is C7H5BrClFO2S. The smallest absolute Gasteiger partial charge is 0.207 e. The summed E-state index contributed by atoms with van der Waals surface area (Å²) in [5.74, 6) is -0.640. The summed E-state index contributed by atoms with van der Waals surface area (Å²) in [5.41, 5.74) is 0.500. The van der Waals surface area contributed by atoms with Crippen LogP contribution in [0.2, 0.25) is 0 Å². The highest BCUT2D eigenvalue weighted by Crippen LogP contribution is 2.28. The lowest BCUT2D eigenvalue weighted by Crippen LogP contribution is -1.95. The average Bonchev–Trinajstić information content (AvgIpc) is 1.94. The largest absolute Gasteiger partial charge is 0.262 e. The second-order valence-electron chi connectivity index (χ2n) is 2.50. The van der Waals surface area contributed by atoms with Crippen molar-refractivity contribution in [3.8, 4) is 0 Å². The van der Waals surface area contributed by atoms with Gasteiger partial charge in [-0.05, 0) is 40.5 Å². The van der Waals surface area contributed by atoms with Crippen molar-refractivity contribution >= 4 is 35.7 Å². The first-order valence-corrected chi connectivity index (χ1v) is 6.33. The Balaban J connectivity index is 3.56. The van der Waals surface area contributed by atoms with Gasteiger partial charge in [0, 0.05) is 10.7 Å². The second-order valence-corrected chi connectivity index (χ2v) is 5.82. The quantitative estimate of drug-likeness (QED) is 0.744. The third-order valence-electron chi connectivity index (χ3n) is 1.40. The topological polar surface area (TPSA) is 34.1 Å². The van der Waals surface area contributed by atoms with Gasteiger partial charge in [0.2, 0.25) is 0 Å². The normalized spacial score (nSPS) is 11.7. The molecule has 0 heterocycles. The summed E-state index contributed by atoms with van der Waals surface area (Å²) < 4.78 is 34.7. The Morgan fingerprint density at radius 3 is 2.46 bits per heavy atom. The maximum absolute atomic E-state index is 13.0. The van der Waals surface area contributed by atoms with E-state index in [0.717, 1.165) is 0 Å². The molecule has 1 aromatic carbocycles. The standard InChI is InChI=1S/C7H5BrClFO2S/c1-4-2-5(10)7(8)6(3-4)13(9,11)12/h2-3H,1H3. The van der Waals surface area contributed by atoms with Crippen LogP contribution in [0.1, 0.15) is 5.56 Å². The van der Waals surface area contributed by atoms with Gasteiger partial charge in [0.1, 0.15) is 5.82 Å². The minimum absolute atomic E-state index is 0.131. The van der Waals surface area contributed by atoms with Crippen LogP contribution in [0.25, 0.3) is 0 Å². The molecule has 0 unspecified atom stereocenters. The van der Waals surface area contributed by atoms with Gasteiger partial charge < -0.3 is 0 Å². The lowest BCUT2D eigenvalue weighted by Gasteiger charge is -2.02. The fourth-order valence-corrected chi connectivity index (χ4v) is 3.02. The Hall–Kier alpha value is -0.130. The van der Waals surface area contributed by atoms with E-state index in [0.29, 0.717) is 5.56 Å². The van der Waals surface area contributed by atoms with Crippen molar-refractivity contribution in [2.24, 2.45) is 0 Å². The van der Waals surface area contributed by atoms with E-state index < -0.39 is 14.9 Å². The molecule has 0 aliphatic rings. The number of benzene rings is 1. The van der Waals surface area contributed by atoms with Crippen LogP contribution in [-0.4, -0.2) is 8.42 Å². The Morgan fingerprint density at radius 1 is 1.46 bits per heavy atom. The fraction of sp³-hybridized carbons (Fsp3) is 0.143. The molecule has 0 spiro atoms. The summed E-state index contributed by atoms with van der Waals surface area (Å²) in [7, 11) is 1.19. The number of aryl methyl sites for hydroxylation is 1. The summed E-state index contributed by atoms with van der Waals surface area (Å²) in [6.45, 7) is 1.58. The predicted octanol–water partition coefficient (Wildman–Crippen LogP) is 2.82. The molecule has 6 heteroatoms. The molecule has 0 aromatic heterocycles. The average molecular weight is 288 g/mol. The van der Waals surface area contributed by atoms with Crippen LogP contribution in [-0.2, 0) is 9.05 Å². The van der Waals surface area contributed by atoms with Crippen molar-refractivity contribution in [2.45, 2.75) is 11.8 Å². The molecule has 72 valence electrons. The maximum Gasteiger partial charge on any atom is 0.262 e. The zero-order valence-corrected chi connectivity index (χ0v) is 9.67. The van der Waals surface area contributed by atoms with E-state index in [4.69, 9.17) is 10.7 Å². The lowest BCUT2D eigenvalue weighted by atomic mass is 10.2. The van der Waals surface area contributed by atoms with Gasteiger partial charge in [-0.2, -0.15) is 0 Å². The molecule has 0 N–H and O–H groups in total. The molecule has 0 atom stereocenters. The van der Waals surface area contributed by atoms with Crippen LogP contribution in [0.3, 0.4) is 0 Å². The van der Waals surface area contributed by atoms with Gasteiger partial charge in [-0.25, -0.2) is 12.8 Å². The van der Waals surface area contributed by atoms with Crippen LogP contribution >= 0.6 is 26.6 Å². The highest BCUT2D eigenvalue weighted by Gasteiger charge is 2.17. The van der Waals surface area contributed by atoms with Crippen molar-refractivity contribution in [2.75, 3.05) is 0 Å². The zero-order chi connectivity index (χ0) is 10.2. The van der Waals surface area contributed by atoms with Crippen molar-refractivity contribution in [1.29, 1.82) is 0 Å². The first kappa shape index (κ1) is 10.9. The first-order chi connectivity index (χ1) is 5.82. The number of halogens is 3. The Bertz CT molecular complexity index is 444. The van der Waals surface area contributed by atoms with E-state index in [2.05, 4.69) is 15.9 Å². The minimum atomic E-state index is -3.89. The number of rotatable bonds is 1. The van der Waals surface area contributed by atoms with Gasteiger partial charge in [-0.15, -0.1) is 0 Å². The van der Waals surface area contributed by atoms with Crippen molar-refractivity contribution in [1.82, 2.24) is 0 Å². The highest BCUT2D eigenvalue weighted by atomic mass is 79.9. The third-order valence-corrected chi connectivity index (χ3v) is 3.82. The van der Waals surface area contributed by atoms with Crippen LogP contribution in [0.15, 0.2) is 21.5 Å². The summed E-state index contributed by atoms with van der Waals surface area (Å²) >= 11 is 2.81. The van der Waals surface area contributed by atoms with Crippen LogP contribution in [0.4, 0.5) is 4.39 Å². The second kappa shape index (κ2) is 3.55. The number of hydrogen-bond acceptors (Lipinski definition) is 2. The predicted molar refractivity (Wildman–Crippen MR) is 51.9 cm³/mol. The molecule has 0 bridgehead atoms. The SMILES string of the molecule is Cc1cc(F)c(Br)c(S(=O)(=O)Cl)c1. The molecule has 0 saturated carbocycles. The highest BCUT2D eigenvalue weighted by molar-refractivity contribution is 9.10. The first-order valence-electron chi connectivity index (χ1n) is 3.22. The van der Waals surface area contributed by atoms with Crippen molar-refractivity contribution < 1.29 is 12.8 Å². The van der Waals surface area contributed by atoms with Gasteiger partial charge >= 0.3 is 0 Å². The summed E-state index contributed by atoms with van der Waals surface area (Å²) in [4.78, 5) is -0.244. The lowest BCUT2D eigenvalue weighted by molar-refractivity contribution is 0.597.